The first-order valence-electron chi connectivity index (χ1n) is 11.8. The number of hydrogen-bond donors (Lipinski definition) is 1. The number of rotatable bonds is 17. The molecule has 0 heterocycles. The molecule has 0 aromatic heterocycles. The summed E-state index contributed by atoms with van der Waals surface area (Å²) in [5.41, 5.74) is 0.514. The third-order valence-electron chi connectivity index (χ3n) is 5.28. The lowest BCUT2D eigenvalue weighted by Crippen LogP contribution is -2.39. The highest BCUT2D eigenvalue weighted by Gasteiger charge is 2.17. The van der Waals surface area contributed by atoms with Gasteiger partial charge in [-0.2, -0.15) is 0 Å². The molecule has 1 amide bonds. The number of carbonyl (C=O) groups excluding carboxylic acids is 2. The van der Waals surface area contributed by atoms with Crippen LogP contribution in [0.25, 0.3) is 0 Å². The van der Waals surface area contributed by atoms with E-state index in [-0.39, 0.29) is 11.9 Å². The molecule has 4 nitrogen and oxygen atoms in total. The SMILES string of the molecule is CCCCCCCCCCCCCCCOC(=O)[C@H](C)NC(=O)c1cccc(Br)c1. The van der Waals surface area contributed by atoms with Crippen molar-refractivity contribution in [2.45, 2.75) is 103 Å². The molecule has 0 radical (unpaired) electrons. The van der Waals surface area contributed by atoms with Gasteiger partial charge in [-0.25, -0.2) is 4.79 Å². The summed E-state index contributed by atoms with van der Waals surface area (Å²) in [7, 11) is 0. The zero-order valence-corrected chi connectivity index (χ0v) is 20.5. The third-order valence-corrected chi connectivity index (χ3v) is 5.77. The fourth-order valence-corrected chi connectivity index (χ4v) is 3.79. The Balaban J connectivity index is 1.97. The van der Waals surface area contributed by atoms with Crippen LogP contribution in [-0.4, -0.2) is 24.5 Å². The summed E-state index contributed by atoms with van der Waals surface area (Å²) in [4.78, 5) is 24.2. The maximum absolute atomic E-state index is 12.2. The van der Waals surface area contributed by atoms with Crippen molar-refractivity contribution in [1.29, 1.82) is 0 Å². The minimum Gasteiger partial charge on any atom is -0.464 e. The van der Waals surface area contributed by atoms with Crippen LogP contribution in [0.1, 0.15) is 108 Å². The summed E-state index contributed by atoms with van der Waals surface area (Å²) in [5, 5.41) is 2.69. The molecule has 0 saturated heterocycles. The van der Waals surface area contributed by atoms with Gasteiger partial charge in [0.25, 0.3) is 5.91 Å². The molecule has 0 bridgehead atoms. The summed E-state index contributed by atoms with van der Waals surface area (Å²) < 4.78 is 6.13. The average Bonchev–Trinajstić information content (AvgIpc) is 2.73. The van der Waals surface area contributed by atoms with E-state index in [4.69, 9.17) is 4.74 Å². The van der Waals surface area contributed by atoms with Gasteiger partial charge in [0, 0.05) is 10.0 Å². The van der Waals surface area contributed by atoms with Crippen LogP contribution < -0.4 is 5.32 Å². The van der Waals surface area contributed by atoms with Gasteiger partial charge < -0.3 is 10.1 Å². The molecule has 5 heteroatoms. The molecular formula is C25H40BrNO3. The predicted molar refractivity (Wildman–Crippen MR) is 128 cm³/mol. The maximum Gasteiger partial charge on any atom is 0.328 e. The molecule has 0 aliphatic rings. The van der Waals surface area contributed by atoms with E-state index in [2.05, 4.69) is 28.2 Å². The van der Waals surface area contributed by atoms with Crippen molar-refractivity contribution in [3.8, 4) is 0 Å². The molecule has 30 heavy (non-hydrogen) atoms. The fraction of sp³-hybridized carbons (Fsp3) is 0.680. The number of esters is 1. The van der Waals surface area contributed by atoms with Crippen LogP contribution in [-0.2, 0) is 9.53 Å². The Morgan fingerprint density at radius 3 is 1.97 bits per heavy atom. The van der Waals surface area contributed by atoms with Gasteiger partial charge in [0.1, 0.15) is 6.04 Å². The molecule has 170 valence electrons. The van der Waals surface area contributed by atoms with Gasteiger partial charge in [0.15, 0.2) is 0 Å². The van der Waals surface area contributed by atoms with E-state index < -0.39 is 6.04 Å². The number of amides is 1. The first-order valence-corrected chi connectivity index (χ1v) is 12.6. The molecule has 1 aromatic rings. The standard InChI is InChI=1S/C25H40BrNO3/c1-3-4-5-6-7-8-9-10-11-12-13-14-15-19-30-25(29)21(2)27-24(28)22-17-16-18-23(26)20-22/h16-18,20-21H,3-15,19H2,1-2H3,(H,27,28)/t21-/m0/s1. The Hall–Kier alpha value is -1.36. The number of ether oxygens (including phenoxy) is 1. The van der Waals surface area contributed by atoms with E-state index in [0.29, 0.717) is 12.2 Å². The second-order valence-electron chi connectivity index (χ2n) is 8.12. The largest absolute Gasteiger partial charge is 0.464 e. The van der Waals surface area contributed by atoms with Gasteiger partial charge >= 0.3 is 5.97 Å². The van der Waals surface area contributed by atoms with Crippen molar-refractivity contribution >= 4 is 27.8 Å². The minimum absolute atomic E-state index is 0.276. The van der Waals surface area contributed by atoms with Gasteiger partial charge in [-0.3, -0.25) is 4.79 Å². The number of halogens is 1. The van der Waals surface area contributed by atoms with Gasteiger partial charge in [-0.1, -0.05) is 106 Å². The molecular weight excluding hydrogens is 442 g/mol. The first kappa shape index (κ1) is 26.7. The second-order valence-corrected chi connectivity index (χ2v) is 9.03. The molecule has 0 aliphatic carbocycles. The molecule has 0 spiro atoms. The Morgan fingerprint density at radius 2 is 1.43 bits per heavy atom. The van der Waals surface area contributed by atoms with Crippen LogP contribution in [0.3, 0.4) is 0 Å². The lowest BCUT2D eigenvalue weighted by molar-refractivity contribution is -0.145. The Morgan fingerprint density at radius 1 is 0.900 bits per heavy atom. The minimum atomic E-state index is -0.654. The summed E-state index contributed by atoms with van der Waals surface area (Å²) in [6.07, 6.45) is 16.7. The van der Waals surface area contributed by atoms with Crippen molar-refractivity contribution in [2.24, 2.45) is 0 Å². The highest BCUT2D eigenvalue weighted by molar-refractivity contribution is 9.10. The highest BCUT2D eigenvalue weighted by Crippen LogP contribution is 2.13. The van der Waals surface area contributed by atoms with Crippen LogP contribution in [0.15, 0.2) is 28.7 Å². The summed E-state index contributed by atoms with van der Waals surface area (Å²) in [6, 6.07) is 6.42. The Bertz CT molecular complexity index is 606. The van der Waals surface area contributed by atoms with Crippen molar-refractivity contribution in [3.63, 3.8) is 0 Å². The van der Waals surface area contributed by atoms with Crippen LogP contribution in [0.5, 0.6) is 0 Å². The topological polar surface area (TPSA) is 55.4 Å². The van der Waals surface area contributed by atoms with Crippen LogP contribution in [0.2, 0.25) is 0 Å². The average molecular weight is 483 g/mol. The third kappa shape index (κ3) is 13.0. The Kier molecular flexibility index (Phi) is 15.4. The van der Waals surface area contributed by atoms with E-state index in [1.54, 1.807) is 25.1 Å². The normalized spacial score (nSPS) is 11.8. The Labute approximate surface area is 191 Å². The summed E-state index contributed by atoms with van der Waals surface area (Å²) in [5.74, 6) is -0.654. The van der Waals surface area contributed by atoms with Crippen molar-refractivity contribution in [1.82, 2.24) is 5.32 Å². The number of nitrogens with one attached hydrogen (secondary N) is 1. The predicted octanol–water partition coefficient (Wildman–Crippen LogP) is 7.20. The lowest BCUT2D eigenvalue weighted by Gasteiger charge is -2.13. The molecule has 1 atom stereocenters. The van der Waals surface area contributed by atoms with Crippen molar-refractivity contribution < 1.29 is 14.3 Å². The maximum atomic E-state index is 12.2. The van der Waals surface area contributed by atoms with Crippen LogP contribution in [0, 0.1) is 0 Å². The van der Waals surface area contributed by atoms with E-state index in [1.807, 2.05) is 6.07 Å². The number of benzene rings is 1. The van der Waals surface area contributed by atoms with E-state index >= 15 is 0 Å². The number of hydrogen-bond acceptors (Lipinski definition) is 3. The monoisotopic (exact) mass is 481 g/mol. The van der Waals surface area contributed by atoms with Gasteiger partial charge in [-0.05, 0) is 31.5 Å². The fourth-order valence-electron chi connectivity index (χ4n) is 3.39. The summed E-state index contributed by atoms with van der Waals surface area (Å²) in [6.45, 7) is 4.34. The zero-order valence-electron chi connectivity index (χ0n) is 18.9. The molecule has 1 N–H and O–H groups in total. The van der Waals surface area contributed by atoms with Gasteiger partial charge in [0.2, 0.25) is 0 Å². The summed E-state index contributed by atoms with van der Waals surface area (Å²) >= 11 is 3.34. The van der Waals surface area contributed by atoms with Gasteiger partial charge in [0.05, 0.1) is 6.61 Å². The van der Waals surface area contributed by atoms with Crippen molar-refractivity contribution in [2.75, 3.05) is 6.61 Å². The van der Waals surface area contributed by atoms with E-state index in [0.717, 1.165) is 17.3 Å². The number of carbonyl (C=O) groups is 2. The first-order chi connectivity index (χ1) is 14.5. The molecule has 1 rings (SSSR count). The second kappa shape index (κ2) is 17.3. The molecule has 0 aliphatic heterocycles. The van der Waals surface area contributed by atoms with Crippen molar-refractivity contribution in [3.05, 3.63) is 34.3 Å². The van der Waals surface area contributed by atoms with E-state index in [9.17, 15) is 9.59 Å². The number of unbranched alkanes of at least 4 members (excludes halogenated alkanes) is 12. The van der Waals surface area contributed by atoms with E-state index in [1.165, 1.54) is 70.6 Å². The molecule has 0 saturated carbocycles. The lowest BCUT2D eigenvalue weighted by atomic mass is 10.0. The quantitative estimate of drug-likeness (QED) is 0.189. The highest BCUT2D eigenvalue weighted by atomic mass is 79.9. The zero-order chi connectivity index (χ0) is 22.0. The molecule has 0 fully saturated rings. The molecule has 1 aromatic carbocycles. The van der Waals surface area contributed by atoms with Crippen LogP contribution >= 0.6 is 15.9 Å². The smallest absolute Gasteiger partial charge is 0.328 e. The van der Waals surface area contributed by atoms with Gasteiger partial charge in [-0.15, -0.1) is 0 Å². The molecule has 0 unspecified atom stereocenters. The van der Waals surface area contributed by atoms with Crippen LogP contribution in [0.4, 0.5) is 0 Å².